The third-order valence-electron chi connectivity index (χ3n) is 2.79. The fourth-order valence-corrected chi connectivity index (χ4v) is 1.92. The second-order valence-electron chi connectivity index (χ2n) is 4.18. The summed E-state index contributed by atoms with van der Waals surface area (Å²) in [6, 6.07) is 4.28. The molecule has 3 heteroatoms. The molecule has 2 rings (SSSR count). The first-order valence-corrected chi connectivity index (χ1v) is 5.84. The van der Waals surface area contributed by atoms with Crippen molar-refractivity contribution < 1.29 is 0 Å². The molecule has 0 saturated carbocycles. The molecular weight excluding hydrogens is 198 g/mol. The fraction of sp³-hybridized carbons (Fsp3) is 0.462. The molecule has 1 aromatic rings. The predicted molar refractivity (Wildman–Crippen MR) is 66.0 cm³/mol. The molecule has 0 atom stereocenters. The molecule has 1 aromatic heterocycles. The van der Waals surface area contributed by atoms with Crippen LogP contribution < -0.4 is 5.32 Å². The van der Waals surface area contributed by atoms with Gasteiger partial charge >= 0.3 is 0 Å². The minimum atomic E-state index is 0.889. The Labute approximate surface area is 97.2 Å². The molecule has 1 aliphatic rings. The quantitative estimate of drug-likeness (QED) is 0.776. The zero-order valence-electron chi connectivity index (χ0n) is 9.82. The molecule has 0 radical (unpaired) electrons. The van der Waals surface area contributed by atoms with E-state index in [9.17, 15) is 0 Å². The first kappa shape index (κ1) is 11.3. The minimum absolute atomic E-state index is 0.889. The number of nitrogens with one attached hydrogen (secondary N) is 1. The molecule has 2 heterocycles. The van der Waals surface area contributed by atoms with Crippen molar-refractivity contribution in [2.75, 3.05) is 20.1 Å². The highest BCUT2D eigenvalue weighted by molar-refractivity contribution is 5.14. The van der Waals surface area contributed by atoms with Crippen LogP contribution in [0.4, 0.5) is 0 Å². The van der Waals surface area contributed by atoms with E-state index in [0.717, 1.165) is 38.3 Å². The third-order valence-corrected chi connectivity index (χ3v) is 2.79. The van der Waals surface area contributed by atoms with E-state index in [1.165, 1.54) is 5.56 Å². The molecule has 0 bridgehead atoms. The summed E-state index contributed by atoms with van der Waals surface area (Å²) in [7, 11) is 1.95. The number of nitrogens with zero attached hydrogens (tertiary/aromatic N) is 2. The van der Waals surface area contributed by atoms with Crippen molar-refractivity contribution in [3.05, 3.63) is 41.7 Å². The van der Waals surface area contributed by atoms with Crippen LogP contribution in [-0.2, 0) is 13.1 Å². The molecular formula is C13H19N3. The van der Waals surface area contributed by atoms with Gasteiger partial charge in [-0.2, -0.15) is 0 Å². The predicted octanol–water partition coefficient (Wildman–Crippen LogP) is 1.56. The van der Waals surface area contributed by atoms with Crippen LogP contribution in [0.3, 0.4) is 0 Å². The maximum absolute atomic E-state index is 4.49. The monoisotopic (exact) mass is 217 g/mol. The first-order valence-electron chi connectivity index (χ1n) is 5.84. The van der Waals surface area contributed by atoms with Gasteiger partial charge in [0, 0.05) is 32.4 Å². The van der Waals surface area contributed by atoms with Crippen LogP contribution in [0.15, 0.2) is 30.5 Å². The Morgan fingerprint density at radius 1 is 1.38 bits per heavy atom. The van der Waals surface area contributed by atoms with Crippen molar-refractivity contribution >= 4 is 0 Å². The van der Waals surface area contributed by atoms with Gasteiger partial charge in [0.05, 0.1) is 5.69 Å². The molecule has 3 nitrogen and oxygen atoms in total. The summed E-state index contributed by atoms with van der Waals surface area (Å²) in [5.74, 6) is 0. The van der Waals surface area contributed by atoms with Gasteiger partial charge in [0.25, 0.3) is 0 Å². The van der Waals surface area contributed by atoms with E-state index >= 15 is 0 Å². The van der Waals surface area contributed by atoms with Gasteiger partial charge in [0.15, 0.2) is 0 Å². The average molecular weight is 217 g/mol. The van der Waals surface area contributed by atoms with Crippen LogP contribution in [0, 0.1) is 0 Å². The van der Waals surface area contributed by atoms with Crippen molar-refractivity contribution in [1.29, 1.82) is 0 Å². The maximum atomic E-state index is 4.49. The van der Waals surface area contributed by atoms with E-state index in [2.05, 4.69) is 39.5 Å². The molecule has 0 unspecified atom stereocenters. The molecule has 0 amide bonds. The Balaban J connectivity index is 1.91. The van der Waals surface area contributed by atoms with Crippen LogP contribution >= 0.6 is 0 Å². The molecule has 0 fully saturated rings. The van der Waals surface area contributed by atoms with Crippen LogP contribution in [-0.4, -0.2) is 30.0 Å². The van der Waals surface area contributed by atoms with E-state index in [1.54, 1.807) is 0 Å². The Kier molecular flexibility index (Phi) is 4.08. The second kappa shape index (κ2) is 5.77. The van der Waals surface area contributed by atoms with E-state index < -0.39 is 0 Å². The van der Waals surface area contributed by atoms with E-state index in [4.69, 9.17) is 0 Å². The number of pyridine rings is 1. The summed E-state index contributed by atoms with van der Waals surface area (Å²) in [5.41, 5.74) is 2.40. The van der Waals surface area contributed by atoms with Gasteiger partial charge in [-0.1, -0.05) is 18.2 Å². The van der Waals surface area contributed by atoms with Crippen LogP contribution in [0.2, 0.25) is 0 Å². The molecule has 0 aliphatic carbocycles. The standard InChI is InChI=1S/C13H19N3/c1-14-9-12-5-6-13(15-10-12)11-16-7-3-2-4-8-16/h2-3,5-6,10,14H,4,7-9,11H2,1H3. The normalized spacial score (nSPS) is 16.6. The van der Waals surface area contributed by atoms with E-state index in [1.807, 2.05) is 13.2 Å². The maximum Gasteiger partial charge on any atom is 0.0544 e. The zero-order chi connectivity index (χ0) is 11.2. The van der Waals surface area contributed by atoms with Crippen LogP contribution in [0.5, 0.6) is 0 Å². The smallest absolute Gasteiger partial charge is 0.0544 e. The average Bonchev–Trinajstić information content (AvgIpc) is 2.33. The zero-order valence-corrected chi connectivity index (χ0v) is 9.82. The van der Waals surface area contributed by atoms with Crippen LogP contribution in [0.25, 0.3) is 0 Å². The summed E-state index contributed by atoms with van der Waals surface area (Å²) >= 11 is 0. The van der Waals surface area contributed by atoms with Crippen LogP contribution in [0.1, 0.15) is 17.7 Å². The number of hydrogen-bond donors (Lipinski definition) is 1. The summed E-state index contributed by atoms with van der Waals surface area (Å²) in [4.78, 5) is 6.90. The summed E-state index contributed by atoms with van der Waals surface area (Å²) in [6.07, 6.45) is 7.61. The Bertz CT molecular complexity index is 343. The van der Waals surface area contributed by atoms with Gasteiger partial charge < -0.3 is 5.32 Å². The van der Waals surface area contributed by atoms with Crippen molar-refractivity contribution in [2.24, 2.45) is 0 Å². The molecule has 1 N–H and O–H groups in total. The van der Waals surface area contributed by atoms with Gasteiger partial charge in [0.1, 0.15) is 0 Å². The van der Waals surface area contributed by atoms with Gasteiger partial charge in [-0.15, -0.1) is 0 Å². The van der Waals surface area contributed by atoms with Gasteiger partial charge in [-0.05, 0) is 25.1 Å². The number of aromatic nitrogens is 1. The molecule has 0 aromatic carbocycles. The summed E-state index contributed by atoms with van der Waals surface area (Å²) in [6.45, 7) is 4.06. The molecule has 86 valence electrons. The molecule has 0 spiro atoms. The van der Waals surface area contributed by atoms with E-state index in [0.29, 0.717) is 0 Å². The number of rotatable bonds is 4. The van der Waals surface area contributed by atoms with Crippen molar-refractivity contribution in [2.45, 2.75) is 19.5 Å². The lowest BCUT2D eigenvalue weighted by molar-refractivity contribution is 0.287. The topological polar surface area (TPSA) is 28.2 Å². The fourth-order valence-electron chi connectivity index (χ4n) is 1.92. The van der Waals surface area contributed by atoms with Crippen molar-refractivity contribution in [3.8, 4) is 0 Å². The highest BCUT2D eigenvalue weighted by atomic mass is 15.1. The molecule has 0 saturated heterocycles. The lowest BCUT2D eigenvalue weighted by atomic mass is 10.2. The molecule has 1 aliphatic heterocycles. The van der Waals surface area contributed by atoms with Crippen molar-refractivity contribution in [1.82, 2.24) is 15.2 Å². The lowest BCUT2D eigenvalue weighted by Crippen LogP contribution is -2.27. The largest absolute Gasteiger partial charge is 0.316 e. The summed E-state index contributed by atoms with van der Waals surface area (Å²) < 4.78 is 0. The Morgan fingerprint density at radius 3 is 2.94 bits per heavy atom. The van der Waals surface area contributed by atoms with E-state index in [-0.39, 0.29) is 0 Å². The SMILES string of the molecule is CNCc1ccc(CN2CC=CCC2)nc1. The first-order chi connectivity index (χ1) is 7.88. The lowest BCUT2D eigenvalue weighted by Gasteiger charge is -2.22. The van der Waals surface area contributed by atoms with Gasteiger partial charge in [-0.25, -0.2) is 0 Å². The Morgan fingerprint density at radius 2 is 2.31 bits per heavy atom. The second-order valence-corrected chi connectivity index (χ2v) is 4.18. The van der Waals surface area contributed by atoms with Gasteiger partial charge in [-0.3, -0.25) is 9.88 Å². The third kappa shape index (κ3) is 3.15. The highest BCUT2D eigenvalue weighted by Crippen LogP contribution is 2.07. The summed E-state index contributed by atoms with van der Waals surface area (Å²) in [5, 5.41) is 3.13. The van der Waals surface area contributed by atoms with Crippen molar-refractivity contribution in [3.63, 3.8) is 0 Å². The minimum Gasteiger partial charge on any atom is -0.316 e. The van der Waals surface area contributed by atoms with Gasteiger partial charge in [0.2, 0.25) is 0 Å². The number of hydrogen-bond acceptors (Lipinski definition) is 3. The molecule has 16 heavy (non-hydrogen) atoms. The Hall–Kier alpha value is -1.19. The highest BCUT2D eigenvalue weighted by Gasteiger charge is 2.07.